The van der Waals surface area contributed by atoms with E-state index in [9.17, 15) is 4.79 Å². The number of amides is 1. The van der Waals surface area contributed by atoms with Crippen molar-refractivity contribution in [2.45, 2.75) is 6.42 Å². The zero-order valence-corrected chi connectivity index (χ0v) is 14.4. The van der Waals surface area contributed by atoms with Crippen LogP contribution in [0.3, 0.4) is 0 Å². The van der Waals surface area contributed by atoms with Gasteiger partial charge in [0.15, 0.2) is 10.7 Å². The molecule has 0 unspecified atom stereocenters. The number of nitrogens with zero attached hydrogens (tertiary/aromatic N) is 5. The third kappa shape index (κ3) is 3.22. The Morgan fingerprint density at radius 2 is 2.27 bits per heavy atom. The van der Waals surface area contributed by atoms with E-state index < -0.39 is 0 Å². The van der Waals surface area contributed by atoms with Gasteiger partial charge >= 0.3 is 0 Å². The Morgan fingerprint density at radius 3 is 3.15 bits per heavy atom. The van der Waals surface area contributed by atoms with Gasteiger partial charge < -0.3 is 10.1 Å². The Hall–Kier alpha value is -3.40. The number of hydrogen-bond acceptors (Lipinski definition) is 8. The van der Waals surface area contributed by atoms with Crippen molar-refractivity contribution in [3.05, 3.63) is 42.4 Å². The Kier molecular flexibility index (Phi) is 4.23. The highest BCUT2D eigenvalue weighted by atomic mass is 32.1. The molecule has 2 N–H and O–H groups in total. The monoisotopic (exact) mass is 367 g/mol. The second-order valence-electron chi connectivity index (χ2n) is 5.35. The van der Waals surface area contributed by atoms with Crippen LogP contribution in [0.1, 0.15) is 5.56 Å². The molecule has 9 nitrogen and oxygen atoms in total. The molecule has 130 valence electrons. The lowest BCUT2D eigenvalue weighted by atomic mass is 10.1. The summed E-state index contributed by atoms with van der Waals surface area (Å²) in [5.74, 6) is 0.528. The van der Waals surface area contributed by atoms with Crippen LogP contribution in [-0.4, -0.2) is 43.4 Å². The fourth-order valence-corrected chi connectivity index (χ4v) is 3.20. The molecular weight excluding hydrogens is 354 g/mol. The Morgan fingerprint density at radius 1 is 1.35 bits per heavy atom. The highest BCUT2D eigenvalue weighted by Crippen LogP contribution is 2.29. The molecule has 1 amide bonds. The fraction of sp³-hybridized carbons (Fsp3) is 0.125. The van der Waals surface area contributed by atoms with Crippen LogP contribution in [0.15, 0.2) is 36.8 Å². The highest BCUT2D eigenvalue weighted by molar-refractivity contribution is 7.18. The summed E-state index contributed by atoms with van der Waals surface area (Å²) in [6.07, 6.45) is 3.30. The first kappa shape index (κ1) is 16.1. The molecule has 4 aromatic rings. The number of H-pyrrole nitrogens is 1. The molecule has 0 saturated carbocycles. The smallest absolute Gasteiger partial charge is 0.230 e. The molecule has 3 heterocycles. The van der Waals surface area contributed by atoms with Crippen molar-refractivity contribution in [3.63, 3.8) is 0 Å². The average molecular weight is 367 g/mol. The summed E-state index contributed by atoms with van der Waals surface area (Å²) in [6.45, 7) is 0. The number of ether oxygens (including phenoxy) is 1. The summed E-state index contributed by atoms with van der Waals surface area (Å²) in [7, 11) is 1.59. The molecule has 0 spiro atoms. The van der Waals surface area contributed by atoms with Gasteiger partial charge in [0.25, 0.3) is 0 Å². The molecule has 0 bridgehead atoms. The number of nitrogens with one attached hydrogen (secondary N) is 2. The summed E-state index contributed by atoms with van der Waals surface area (Å²) >= 11 is 1.25. The lowest BCUT2D eigenvalue weighted by Crippen LogP contribution is -2.14. The first-order chi connectivity index (χ1) is 12.7. The number of aromatic nitrogens is 6. The van der Waals surface area contributed by atoms with Crippen LogP contribution in [0, 0.1) is 0 Å². The molecule has 0 radical (unpaired) electrons. The quantitative estimate of drug-likeness (QED) is 0.554. The van der Waals surface area contributed by atoms with Crippen molar-refractivity contribution in [1.82, 2.24) is 30.4 Å². The minimum atomic E-state index is -0.182. The zero-order valence-electron chi connectivity index (χ0n) is 13.6. The number of methoxy groups -OCH3 is 1. The van der Waals surface area contributed by atoms with Crippen molar-refractivity contribution < 1.29 is 9.53 Å². The summed E-state index contributed by atoms with van der Waals surface area (Å²) in [4.78, 5) is 20.3. The molecule has 4 rings (SSSR count). The van der Waals surface area contributed by atoms with Crippen molar-refractivity contribution in [2.24, 2.45) is 0 Å². The summed E-state index contributed by atoms with van der Waals surface area (Å²) in [5, 5.41) is 19.6. The molecule has 0 aliphatic carbocycles. The normalized spacial score (nSPS) is 10.8. The number of aromatic amines is 1. The van der Waals surface area contributed by atoms with Crippen molar-refractivity contribution >= 4 is 33.4 Å². The van der Waals surface area contributed by atoms with Crippen LogP contribution in [0.4, 0.5) is 5.13 Å². The van der Waals surface area contributed by atoms with Crippen LogP contribution < -0.4 is 10.1 Å². The van der Waals surface area contributed by atoms with Gasteiger partial charge in [-0.25, -0.2) is 9.97 Å². The maximum Gasteiger partial charge on any atom is 0.230 e. The van der Waals surface area contributed by atoms with Crippen LogP contribution in [0.2, 0.25) is 0 Å². The topological polar surface area (TPSA) is 119 Å². The molecule has 0 saturated heterocycles. The molecule has 1 aromatic carbocycles. The van der Waals surface area contributed by atoms with Crippen LogP contribution in [-0.2, 0) is 11.2 Å². The van der Waals surface area contributed by atoms with Gasteiger partial charge in [-0.3, -0.25) is 9.89 Å². The summed E-state index contributed by atoms with van der Waals surface area (Å²) < 4.78 is 5.16. The van der Waals surface area contributed by atoms with E-state index in [2.05, 4.69) is 35.7 Å². The lowest BCUT2D eigenvalue weighted by Gasteiger charge is -2.04. The summed E-state index contributed by atoms with van der Waals surface area (Å²) in [5.41, 5.74) is 2.07. The van der Waals surface area contributed by atoms with Gasteiger partial charge in [0.05, 0.1) is 18.9 Å². The standard InChI is InChI=1S/C16H13N7O2S/c1-25-10-4-2-3-9(5-10)6-12(24)19-16-23-22-15(26-16)13-11-7-17-8-18-14(11)21-20-13/h2-5,7-8H,6H2,1H3,(H,19,23,24)(H,17,18,20,21). The average Bonchev–Trinajstić information content (AvgIpc) is 3.28. The SMILES string of the molecule is COc1cccc(CC(=O)Nc2nnc(-c3[nH]nc4ncncc34)s2)c1. The largest absolute Gasteiger partial charge is 0.497 e. The lowest BCUT2D eigenvalue weighted by molar-refractivity contribution is -0.115. The predicted octanol–water partition coefficient (Wildman–Crippen LogP) is 2.06. The second kappa shape index (κ2) is 6.84. The van der Waals surface area contributed by atoms with Crippen LogP contribution in [0.5, 0.6) is 5.75 Å². The van der Waals surface area contributed by atoms with Crippen LogP contribution in [0.25, 0.3) is 21.7 Å². The molecule has 0 atom stereocenters. The van der Waals surface area contributed by atoms with Gasteiger partial charge in [0.2, 0.25) is 11.0 Å². The van der Waals surface area contributed by atoms with Gasteiger partial charge in [-0.1, -0.05) is 23.5 Å². The van der Waals surface area contributed by atoms with Gasteiger partial charge in [-0.2, -0.15) is 5.10 Å². The van der Waals surface area contributed by atoms with Crippen molar-refractivity contribution in [1.29, 1.82) is 0 Å². The van der Waals surface area contributed by atoms with Crippen LogP contribution >= 0.6 is 11.3 Å². The third-order valence-electron chi connectivity index (χ3n) is 3.62. The Bertz CT molecular complexity index is 1080. The molecule has 0 aliphatic heterocycles. The number of carbonyl (C=O) groups is 1. The van der Waals surface area contributed by atoms with Gasteiger partial charge in [-0.05, 0) is 17.7 Å². The van der Waals surface area contributed by atoms with Crippen molar-refractivity contribution in [3.8, 4) is 16.5 Å². The Labute approximate surface area is 151 Å². The van der Waals surface area contributed by atoms with E-state index in [1.54, 1.807) is 13.3 Å². The van der Waals surface area contributed by atoms with Gasteiger partial charge in [0, 0.05) is 6.20 Å². The molecule has 0 fully saturated rings. The van der Waals surface area contributed by atoms with E-state index in [0.717, 1.165) is 10.9 Å². The number of rotatable bonds is 5. The molecule has 10 heteroatoms. The minimum absolute atomic E-state index is 0.182. The first-order valence-electron chi connectivity index (χ1n) is 7.63. The number of hydrogen-bond donors (Lipinski definition) is 2. The molecule has 26 heavy (non-hydrogen) atoms. The number of carbonyl (C=O) groups excluding carboxylic acids is 1. The van der Waals surface area contributed by atoms with E-state index in [0.29, 0.717) is 27.2 Å². The molecular formula is C16H13N7O2S. The maximum atomic E-state index is 12.2. The first-order valence-corrected chi connectivity index (χ1v) is 8.45. The Balaban J connectivity index is 1.49. The molecule has 3 aromatic heterocycles. The van der Waals surface area contributed by atoms with Gasteiger partial charge in [0.1, 0.15) is 17.8 Å². The van der Waals surface area contributed by atoms with E-state index in [1.165, 1.54) is 17.7 Å². The zero-order chi connectivity index (χ0) is 17.9. The highest BCUT2D eigenvalue weighted by Gasteiger charge is 2.15. The predicted molar refractivity (Wildman–Crippen MR) is 95.9 cm³/mol. The van der Waals surface area contributed by atoms with Crippen molar-refractivity contribution in [2.75, 3.05) is 12.4 Å². The number of fused-ring (bicyclic) bond motifs is 1. The number of benzene rings is 1. The number of anilines is 1. The van der Waals surface area contributed by atoms with E-state index in [-0.39, 0.29) is 12.3 Å². The summed E-state index contributed by atoms with van der Waals surface area (Å²) in [6, 6.07) is 7.36. The maximum absolute atomic E-state index is 12.2. The van der Waals surface area contributed by atoms with Gasteiger partial charge in [-0.15, -0.1) is 10.2 Å². The van der Waals surface area contributed by atoms with E-state index in [4.69, 9.17) is 4.74 Å². The third-order valence-corrected chi connectivity index (χ3v) is 4.47. The molecule has 0 aliphatic rings. The van der Waals surface area contributed by atoms with E-state index in [1.807, 2.05) is 24.3 Å². The minimum Gasteiger partial charge on any atom is -0.497 e. The second-order valence-corrected chi connectivity index (χ2v) is 6.32. The fourth-order valence-electron chi connectivity index (χ4n) is 2.43. The van der Waals surface area contributed by atoms with E-state index >= 15 is 0 Å².